The highest BCUT2D eigenvalue weighted by atomic mass is 19.4. The Morgan fingerprint density at radius 2 is 1.82 bits per heavy atom. The van der Waals surface area contributed by atoms with E-state index < -0.39 is 29.1 Å². The summed E-state index contributed by atoms with van der Waals surface area (Å²) in [6.45, 7) is -0.206. The van der Waals surface area contributed by atoms with Crippen LogP contribution >= 0.6 is 0 Å². The maximum absolute atomic E-state index is 12.9. The molecule has 3 fully saturated rings. The van der Waals surface area contributed by atoms with Crippen molar-refractivity contribution in [3.8, 4) is 6.07 Å². The van der Waals surface area contributed by atoms with Gasteiger partial charge >= 0.3 is 6.18 Å². The molecule has 0 spiro atoms. The summed E-state index contributed by atoms with van der Waals surface area (Å²) in [7, 11) is 0. The molecule has 118 valence electrons. The van der Waals surface area contributed by atoms with Gasteiger partial charge in [-0.3, -0.25) is 5.32 Å². The molecule has 3 aliphatic carbocycles. The van der Waals surface area contributed by atoms with Gasteiger partial charge in [0.15, 0.2) is 0 Å². The third-order valence-electron chi connectivity index (χ3n) is 5.17. The highest BCUT2D eigenvalue weighted by molar-refractivity contribution is 5.28. The average molecular weight is 310 g/mol. The van der Waals surface area contributed by atoms with E-state index in [-0.39, 0.29) is 25.9 Å². The van der Waals surface area contributed by atoms with Crippen molar-refractivity contribution in [2.24, 2.45) is 10.8 Å². The molecule has 0 aliphatic heterocycles. The monoisotopic (exact) mass is 310 g/mol. The zero-order valence-corrected chi connectivity index (χ0v) is 11.9. The van der Waals surface area contributed by atoms with Crippen LogP contribution in [0.5, 0.6) is 0 Å². The summed E-state index contributed by atoms with van der Waals surface area (Å²) < 4.78 is 38.7. The quantitative estimate of drug-likeness (QED) is 0.879. The Labute approximate surface area is 126 Å². The number of alkyl halides is 3. The van der Waals surface area contributed by atoms with Crippen molar-refractivity contribution < 1.29 is 18.3 Å². The van der Waals surface area contributed by atoms with Gasteiger partial charge in [0.05, 0.1) is 24.1 Å². The van der Waals surface area contributed by atoms with Crippen LogP contribution in [0.4, 0.5) is 13.2 Å². The molecule has 0 saturated heterocycles. The maximum Gasteiger partial charge on any atom is 0.394 e. The lowest BCUT2D eigenvalue weighted by Crippen LogP contribution is -2.73. The summed E-state index contributed by atoms with van der Waals surface area (Å²) in [6, 6.07) is 10.1. The van der Waals surface area contributed by atoms with Crippen molar-refractivity contribution >= 4 is 0 Å². The first-order valence-electron chi connectivity index (χ1n) is 7.24. The number of benzene rings is 1. The van der Waals surface area contributed by atoms with Crippen molar-refractivity contribution in [2.75, 3.05) is 6.61 Å². The normalized spacial score (nSPS) is 32.3. The molecule has 22 heavy (non-hydrogen) atoms. The van der Waals surface area contributed by atoms with Gasteiger partial charge in [-0.25, -0.2) is 0 Å². The van der Waals surface area contributed by atoms with E-state index in [1.54, 1.807) is 0 Å². The van der Waals surface area contributed by atoms with Gasteiger partial charge in [0.2, 0.25) is 0 Å². The predicted octanol–water partition coefficient (Wildman–Crippen LogP) is 2.93. The van der Waals surface area contributed by atoms with Crippen molar-refractivity contribution in [1.29, 1.82) is 5.26 Å². The molecule has 3 aliphatic rings. The largest absolute Gasteiger partial charge is 0.394 e. The molecule has 4 rings (SSSR count). The third kappa shape index (κ3) is 2.11. The van der Waals surface area contributed by atoms with Gasteiger partial charge in [0.1, 0.15) is 6.04 Å². The number of nitrogens with one attached hydrogen (secondary N) is 1. The van der Waals surface area contributed by atoms with Crippen molar-refractivity contribution in [2.45, 2.75) is 37.5 Å². The maximum atomic E-state index is 12.9. The smallest absolute Gasteiger partial charge is 0.394 e. The van der Waals surface area contributed by atoms with Gasteiger partial charge in [0.25, 0.3) is 0 Å². The van der Waals surface area contributed by atoms with Crippen molar-refractivity contribution in [3.05, 3.63) is 35.9 Å². The molecule has 0 heterocycles. The SMILES string of the molecule is N#C[C@@H](N[C@@H](CO)c1ccccc1)C12CC(C(F)(F)F)(C1)C2. The molecule has 6 heteroatoms. The fraction of sp³-hybridized carbons (Fsp3) is 0.562. The second-order valence-corrected chi connectivity index (χ2v) is 6.55. The Morgan fingerprint density at radius 3 is 2.27 bits per heavy atom. The zero-order valence-electron chi connectivity index (χ0n) is 11.9. The standard InChI is InChI=1S/C16H17F3N2O/c17-16(18,19)15-8-14(9-15,10-15)13(6-20)21-12(7-22)11-4-2-1-3-5-11/h1-5,12-13,21-22H,7-10H2/t12-,13+,14?,15?/m0/s1. The van der Waals surface area contributed by atoms with Gasteiger partial charge in [-0.2, -0.15) is 18.4 Å². The molecule has 2 bridgehead atoms. The summed E-state index contributed by atoms with van der Waals surface area (Å²) >= 11 is 0. The minimum Gasteiger partial charge on any atom is -0.394 e. The molecule has 0 amide bonds. The lowest BCUT2D eigenvalue weighted by molar-refractivity contribution is -0.366. The summed E-state index contributed by atoms with van der Waals surface area (Å²) in [5.74, 6) is 0. The zero-order chi connectivity index (χ0) is 16.0. The van der Waals surface area contributed by atoms with Gasteiger partial charge < -0.3 is 5.11 Å². The summed E-state index contributed by atoms with van der Waals surface area (Å²) in [5, 5.41) is 21.9. The number of halogens is 3. The Balaban J connectivity index is 1.69. The molecule has 3 nitrogen and oxygen atoms in total. The number of hydrogen-bond acceptors (Lipinski definition) is 3. The van der Waals surface area contributed by atoms with Crippen LogP contribution in [-0.4, -0.2) is 23.9 Å². The molecule has 0 radical (unpaired) electrons. The van der Waals surface area contributed by atoms with Crippen LogP contribution in [0, 0.1) is 22.2 Å². The van der Waals surface area contributed by atoms with Crippen molar-refractivity contribution in [3.63, 3.8) is 0 Å². The topological polar surface area (TPSA) is 56.0 Å². The molecule has 3 saturated carbocycles. The van der Waals surface area contributed by atoms with Crippen LogP contribution in [0.2, 0.25) is 0 Å². The predicted molar refractivity (Wildman–Crippen MR) is 73.6 cm³/mol. The number of hydrogen-bond donors (Lipinski definition) is 2. The molecule has 0 aromatic heterocycles. The number of rotatable bonds is 5. The summed E-state index contributed by atoms with van der Waals surface area (Å²) in [5.41, 5.74) is -1.33. The second kappa shape index (κ2) is 4.97. The first kappa shape index (κ1) is 15.3. The van der Waals surface area contributed by atoms with Crippen LogP contribution in [-0.2, 0) is 0 Å². The van der Waals surface area contributed by atoms with Crippen molar-refractivity contribution in [1.82, 2.24) is 5.32 Å². The molecule has 1 aromatic rings. The Hall–Kier alpha value is -1.58. The van der Waals surface area contributed by atoms with Gasteiger partial charge in [0, 0.05) is 5.41 Å². The first-order chi connectivity index (χ1) is 10.4. The van der Waals surface area contributed by atoms with Crippen LogP contribution in [0.15, 0.2) is 30.3 Å². The lowest BCUT2D eigenvalue weighted by atomic mass is 9.33. The molecule has 1 aromatic carbocycles. The molecular formula is C16H17F3N2O. The number of nitrogens with zero attached hydrogens (tertiary/aromatic N) is 1. The molecular weight excluding hydrogens is 293 g/mol. The van der Waals surface area contributed by atoms with Gasteiger partial charge in [-0.1, -0.05) is 30.3 Å². The minimum absolute atomic E-state index is 0.0155. The molecule has 0 unspecified atom stereocenters. The van der Waals surface area contributed by atoms with E-state index in [4.69, 9.17) is 0 Å². The van der Waals surface area contributed by atoms with E-state index in [0.29, 0.717) is 0 Å². The van der Waals surface area contributed by atoms with Crippen LogP contribution in [0.25, 0.3) is 0 Å². The molecule has 2 N–H and O–H groups in total. The van der Waals surface area contributed by atoms with Crippen LogP contribution < -0.4 is 5.32 Å². The van der Waals surface area contributed by atoms with E-state index >= 15 is 0 Å². The fourth-order valence-corrected chi connectivity index (χ4v) is 3.97. The number of aliphatic hydroxyl groups excluding tert-OH is 1. The minimum atomic E-state index is -4.18. The van der Waals surface area contributed by atoms with E-state index in [1.807, 2.05) is 30.3 Å². The Bertz CT molecular complexity index is 574. The van der Waals surface area contributed by atoms with E-state index in [1.165, 1.54) is 0 Å². The second-order valence-electron chi connectivity index (χ2n) is 6.55. The van der Waals surface area contributed by atoms with Gasteiger partial charge in [-0.15, -0.1) is 0 Å². The Kier molecular flexibility index (Phi) is 3.46. The molecule has 2 atom stereocenters. The van der Waals surface area contributed by atoms with E-state index in [9.17, 15) is 23.5 Å². The fourth-order valence-electron chi connectivity index (χ4n) is 3.97. The highest BCUT2D eigenvalue weighted by Crippen LogP contribution is 2.79. The van der Waals surface area contributed by atoms with E-state index in [0.717, 1.165) is 5.56 Å². The Morgan fingerprint density at radius 1 is 1.23 bits per heavy atom. The van der Waals surface area contributed by atoms with E-state index in [2.05, 4.69) is 11.4 Å². The summed E-state index contributed by atoms with van der Waals surface area (Å²) in [4.78, 5) is 0. The number of nitriles is 1. The van der Waals surface area contributed by atoms with Gasteiger partial charge in [-0.05, 0) is 24.8 Å². The third-order valence-corrected chi connectivity index (χ3v) is 5.17. The van der Waals surface area contributed by atoms with Crippen LogP contribution in [0.3, 0.4) is 0 Å². The lowest BCUT2D eigenvalue weighted by Gasteiger charge is -2.72. The number of aliphatic hydroxyl groups is 1. The summed E-state index contributed by atoms with van der Waals surface area (Å²) in [6.07, 6.45) is -4.13. The van der Waals surface area contributed by atoms with Crippen LogP contribution in [0.1, 0.15) is 30.9 Å². The first-order valence-corrected chi connectivity index (χ1v) is 7.24. The highest BCUT2D eigenvalue weighted by Gasteiger charge is 2.80. The average Bonchev–Trinajstić information content (AvgIpc) is 2.39.